The predicted molar refractivity (Wildman–Crippen MR) is 114 cm³/mol. The zero-order chi connectivity index (χ0) is 20.7. The van der Waals surface area contributed by atoms with Crippen LogP contribution in [0.4, 0.5) is 5.69 Å². The molecule has 3 aromatic rings. The van der Waals surface area contributed by atoms with E-state index in [2.05, 4.69) is 0 Å². The maximum absolute atomic E-state index is 12.9. The summed E-state index contributed by atoms with van der Waals surface area (Å²) in [6.07, 6.45) is 0. The topological polar surface area (TPSA) is 77.8 Å². The Hall–Kier alpha value is -2.80. The minimum atomic E-state index is -0.907. The second-order valence-corrected chi connectivity index (χ2v) is 8.18. The Morgan fingerprint density at radius 3 is 2.34 bits per heavy atom. The first kappa shape index (κ1) is 19.5. The molecule has 1 saturated heterocycles. The normalized spacial score (nSPS) is 18.4. The van der Waals surface area contributed by atoms with Gasteiger partial charge in [0.1, 0.15) is 17.6 Å². The molecular formula is C21H13Cl2NO4S. The number of phenols is 1. The van der Waals surface area contributed by atoms with Crippen LogP contribution in [0.1, 0.15) is 16.5 Å². The van der Waals surface area contributed by atoms with Gasteiger partial charge in [0.15, 0.2) is 0 Å². The number of nitrogens with zero attached hydrogens (tertiary/aromatic N) is 1. The SMILES string of the molecule is O=C1C(=O)N(c2cc(Cl)ccc2O)C(c2cccs2)/C1=C(/O)c1ccc(Cl)cc1. The van der Waals surface area contributed by atoms with E-state index in [4.69, 9.17) is 23.2 Å². The summed E-state index contributed by atoms with van der Waals surface area (Å²) in [5.74, 6) is -2.24. The average molecular weight is 446 g/mol. The van der Waals surface area contributed by atoms with Gasteiger partial charge in [0, 0.05) is 20.5 Å². The highest BCUT2D eigenvalue weighted by Crippen LogP contribution is 2.46. The molecule has 1 amide bonds. The van der Waals surface area contributed by atoms with Gasteiger partial charge in [-0.05, 0) is 53.9 Å². The van der Waals surface area contributed by atoms with Crippen molar-refractivity contribution in [3.63, 3.8) is 0 Å². The number of carbonyl (C=O) groups excluding carboxylic acids is 2. The van der Waals surface area contributed by atoms with Gasteiger partial charge in [-0.2, -0.15) is 0 Å². The van der Waals surface area contributed by atoms with Gasteiger partial charge in [-0.15, -0.1) is 11.3 Å². The summed E-state index contributed by atoms with van der Waals surface area (Å²) >= 11 is 13.3. The summed E-state index contributed by atoms with van der Waals surface area (Å²) in [7, 11) is 0. The molecule has 146 valence electrons. The third kappa shape index (κ3) is 3.40. The van der Waals surface area contributed by atoms with Crippen LogP contribution in [0.5, 0.6) is 5.75 Å². The number of benzene rings is 2. The summed E-state index contributed by atoms with van der Waals surface area (Å²) < 4.78 is 0. The van der Waals surface area contributed by atoms with Gasteiger partial charge in [-0.1, -0.05) is 29.3 Å². The Bertz CT molecular complexity index is 1140. The number of hydrogen-bond acceptors (Lipinski definition) is 5. The van der Waals surface area contributed by atoms with Crippen LogP contribution < -0.4 is 4.90 Å². The molecule has 29 heavy (non-hydrogen) atoms. The molecule has 0 saturated carbocycles. The van der Waals surface area contributed by atoms with Crippen LogP contribution in [0.25, 0.3) is 5.76 Å². The van der Waals surface area contributed by atoms with Crippen LogP contribution in [-0.4, -0.2) is 21.9 Å². The monoisotopic (exact) mass is 445 g/mol. The number of Topliss-reactive ketones (excluding diaryl/α,β-unsaturated/α-hetero) is 1. The van der Waals surface area contributed by atoms with E-state index in [1.807, 2.05) is 0 Å². The van der Waals surface area contributed by atoms with Crippen molar-refractivity contribution in [3.05, 3.63) is 86.0 Å². The van der Waals surface area contributed by atoms with E-state index in [1.165, 1.54) is 29.5 Å². The van der Waals surface area contributed by atoms with E-state index in [1.54, 1.807) is 41.8 Å². The second-order valence-electron chi connectivity index (χ2n) is 6.32. The van der Waals surface area contributed by atoms with Crippen molar-refractivity contribution in [2.75, 3.05) is 4.90 Å². The molecule has 5 nitrogen and oxygen atoms in total. The minimum Gasteiger partial charge on any atom is -0.507 e. The number of rotatable bonds is 3. The van der Waals surface area contributed by atoms with Gasteiger partial charge in [0.05, 0.1) is 11.3 Å². The zero-order valence-electron chi connectivity index (χ0n) is 14.7. The first-order valence-electron chi connectivity index (χ1n) is 8.47. The van der Waals surface area contributed by atoms with Crippen molar-refractivity contribution >= 4 is 57.7 Å². The van der Waals surface area contributed by atoms with Gasteiger partial charge in [0.25, 0.3) is 11.7 Å². The summed E-state index contributed by atoms with van der Waals surface area (Å²) in [4.78, 5) is 27.7. The third-order valence-corrected chi connectivity index (χ3v) is 5.98. The molecule has 8 heteroatoms. The highest BCUT2D eigenvalue weighted by Gasteiger charge is 2.48. The molecule has 0 radical (unpaired) electrons. The van der Waals surface area contributed by atoms with Crippen LogP contribution in [-0.2, 0) is 9.59 Å². The molecule has 0 bridgehead atoms. The fourth-order valence-corrected chi connectivity index (χ4v) is 4.37. The molecule has 1 unspecified atom stereocenters. The van der Waals surface area contributed by atoms with Crippen molar-refractivity contribution in [3.8, 4) is 5.75 Å². The fraction of sp³-hybridized carbons (Fsp3) is 0.0476. The quantitative estimate of drug-likeness (QED) is 0.322. The number of ketones is 1. The number of anilines is 1. The van der Waals surface area contributed by atoms with Crippen molar-refractivity contribution in [2.24, 2.45) is 0 Å². The lowest BCUT2D eigenvalue weighted by molar-refractivity contribution is -0.132. The molecule has 2 aromatic carbocycles. The number of aromatic hydroxyl groups is 1. The van der Waals surface area contributed by atoms with E-state index >= 15 is 0 Å². The average Bonchev–Trinajstić information content (AvgIpc) is 3.31. The number of carbonyl (C=O) groups is 2. The van der Waals surface area contributed by atoms with Crippen molar-refractivity contribution in [1.29, 1.82) is 0 Å². The minimum absolute atomic E-state index is 0.0702. The first-order valence-corrected chi connectivity index (χ1v) is 10.1. The molecule has 1 aromatic heterocycles. The lowest BCUT2D eigenvalue weighted by Crippen LogP contribution is -2.29. The number of thiophene rings is 1. The summed E-state index contributed by atoms with van der Waals surface area (Å²) in [5.41, 5.74) is 0.372. The molecule has 0 aliphatic carbocycles. The number of aliphatic hydroxyl groups is 1. The molecule has 1 atom stereocenters. The highest BCUT2D eigenvalue weighted by atomic mass is 35.5. The van der Waals surface area contributed by atoms with Gasteiger partial charge in [0.2, 0.25) is 0 Å². The van der Waals surface area contributed by atoms with E-state index in [0.717, 1.165) is 4.90 Å². The molecular weight excluding hydrogens is 433 g/mol. The highest BCUT2D eigenvalue weighted by molar-refractivity contribution is 7.10. The van der Waals surface area contributed by atoms with Crippen LogP contribution in [0, 0.1) is 0 Å². The van der Waals surface area contributed by atoms with Crippen LogP contribution in [0.2, 0.25) is 10.0 Å². The Morgan fingerprint density at radius 2 is 1.69 bits per heavy atom. The summed E-state index contributed by atoms with van der Waals surface area (Å²) in [6.45, 7) is 0. The number of phenolic OH excluding ortho intramolecular Hbond substituents is 1. The van der Waals surface area contributed by atoms with Crippen LogP contribution in [0.15, 0.2) is 65.6 Å². The van der Waals surface area contributed by atoms with E-state index in [0.29, 0.717) is 20.5 Å². The van der Waals surface area contributed by atoms with Gasteiger partial charge in [-0.25, -0.2) is 0 Å². The summed E-state index contributed by atoms with van der Waals surface area (Å²) in [6, 6.07) is 13.1. The lowest BCUT2D eigenvalue weighted by atomic mass is 9.99. The van der Waals surface area contributed by atoms with Gasteiger partial charge < -0.3 is 10.2 Å². The Labute approximate surface area is 180 Å². The lowest BCUT2D eigenvalue weighted by Gasteiger charge is -2.25. The molecule has 4 rings (SSSR count). The molecule has 1 fully saturated rings. The van der Waals surface area contributed by atoms with Crippen molar-refractivity contribution < 1.29 is 19.8 Å². The maximum atomic E-state index is 12.9. The number of halogens is 2. The van der Waals surface area contributed by atoms with Crippen molar-refractivity contribution in [2.45, 2.75) is 6.04 Å². The number of aliphatic hydroxyl groups excluding tert-OH is 1. The molecule has 1 aliphatic rings. The molecule has 2 heterocycles. The Morgan fingerprint density at radius 1 is 1.00 bits per heavy atom. The number of amides is 1. The Kier molecular flexibility index (Phi) is 5.08. The third-order valence-electron chi connectivity index (χ3n) is 4.57. The molecule has 0 spiro atoms. The maximum Gasteiger partial charge on any atom is 0.300 e. The Balaban J connectivity index is 1.95. The molecule has 2 N–H and O–H groups in total. The zero-order valence-corrected chi connectivity index (χ0v) is 17.0. The van der Waals surface area contributed by atoms with Gasteiger partial charge >= 0.3 is 0 Å². The van der Waals surface area contributed by atoms with Crippen molar-refractivity contribution in [1.82, 2.24) is 0 Å². The first-order chi connectivity index (χ1) is 13.9. The van der Waals surface area contributed by atoms with E-state index in [-0.39, 0.29) is 22.8 Å². The largest absolute Gasteiger partial charge is 0.507 e. The summed E-state index contributed by atoms with van der Waals surface area (Å²) in [5, 5.41) is 23.8. The smallest absolute Gasteiger partial charge is 0.300 e. The number of hydrogen-bond donors (Lipinski definition) is 2. The van der Waals surface area contributed by atoms with Crippen LogP contribution in [0.3, 0.4) is 0 Å². The standard InChI is InChI=1S/C21H13Cl2NO4S/c22-12-5-3-11(4-6-12)19(26)17-18(16-2-1-9-29-16)24(21(28)20(17)27)14-10-13(23)7-8-15(14)25/h1-10,18,25-26H/b19-17-. The predicted octanol–water partition coefficient (Wildman–Crippen LogP) is 5.39. The molecule has 1 aliphatic heterocycles. The van der Waals surface area contributed by atoms with E-state index in [9.17, 15) is 19.8 Å². The van der Waals surface area contributed by atoms with Crippen LogP contribution >= 0.6 is 34.5 Å². The fourth-order valence-electron chi connectivity index (χ4n) is 3.25. The second kappa shape index (κ2) is 7.55. The van der Waals surface area contributed by atoms with Gasteiger partial charge in [-0.3, -0.25) is 14.5 Å². The van der Waals surface area contributed by atoms with E-state index < -0.39 is 17.7 Å².